The van der Waals surface area contributed by atoms with Crippen LogP contribution >= 0.6 is 51.1 Å². The molecule has 0 aromatic heterocycles. The Balaban J connectivity index is 3.28. The Morgan fingerprint density at radius 2 is 2.10 bits per heavy atom. The highest BCUT2D eigenvalue weighted by Crippen LogP contribution is 2.25. The Labute approximate surface area is 88.1 Å². The van der Waals surface area contributed by atoms with Gasteiger partial charge in [0.05, 0.1) is 0 Å². The molecule has 0 saturated heterocycles. The second-order valence-corrected chi connectivity index (χ2v) is 4.55. The quantitative estimate of drug-likeness (QED) is 0.545. The number of aryl methyl sites for hydroxylation is 1. The van der Waals surface area contributed by atoms with Crippen molar-refractivity contribution in [1.82, 2.24) is 0 Å². The summed E-state index contributed by atoms with van der Waals surface area (Å²) in [4.78, 5) is 0.998. The van der Waals surface area contributed by atoms with E-state index in [9.17, 15) is 0 Å². The monoisotopic (exact) mass is 328 g/mol. The van der Waals surface area contributed by atoms with E-state index < -0.39 is 0 Å². The summed E-state index contributed by atoms with van der Waals surface area (Å²) in [5, 5.41) is 0. The van der Waals surface area contributed by atoms with E-state index in [1.165, 1.54) is 9.13 Å². The highest BCUT2D eigenvalue weighted by Gasteiger charge is 1.98. The van der Waals surface area contributed by atoms with Crippen molar-refractivity contribution in [3.05, 3.63) is 25.7 Å². The maximum absolute atomic E-state index is 4.26. The van der Waals surface area contributed by atoms with Gasteiger partial charge in [0.25, 0.3) is 0 Å². The lowest BCUT2D eigenvalue weighted by atomic mass is 10.2. The van der Waals surface area contributed by atoms with Crippen LogP contribution in [-0.2, 0) is 0 Å². The van der Waals surface area contributed by atoms with Crippen molar-refractivity contribution in [2.24, 2.45) is 0 Å². The number of rotatable bonds is 0. The first-order valence-corrected chi connectivity index (χ1v) is 5.08. The fraction of sp³-hybridized carbons (Fsp3) is 0.143. The second kappa shape index (κ2) is 3.45. The SMILES string of the molecule is Cc1cc(S)c(Br)cc1I. The summed E-state index contributed by atoms with van der Waals surface area (Å²) in [6, 6.07) is 4.12. The van der Waals surface area contributed by atoms with E-state index >= 15 is 0 Å². The van der Waals surface area contributed by atoms with Crippen molar-refractivity contribution in [2.45, 2.75) is 11.8 Å². The molecule has 0 radical (unpaired) electrons. The van der Waals surface area contributed by atoms with Crippen molar-refractivity contribution in [3.63, 3.8) is 0 Å². The third kappa shape index (κ3) is 1.89. The molecule has 0 atom stereocenters. The minimum Gasteiger partial charge on any atom is -0.142 e. The Bertz CT molecular complexity index is 210. The molecule has 1 rings (SSSR count). The van der Waals surface area contributed by atoms with Crippen molar-refractivity contribution < 1.29 is 0 Å². The number of hydrogen-bond acceptors (Lipinski definition) is 1. The predicted molar refractivity (Wildman–Crippen MR) is 58.8 cm³/mol. The topological polar surface area (TPSA) is 0 Å². The largest absolute Gasteiger partial charge is 0.142 e. The lowest BCUT2D eigenvalue weighted by molar-refractivity contribution is 1.31. The van der Waals surface area contributed by atoms with Crippen LogP contribution in [0.5, 0.6) is 0 Å². The van der Waals surface area contributed by atoms with Gasteiger partial charge < -0.3 is 0 Å². The van der Waals surface area contributed by atoms with Crippen LogP contribution in [0.1, 0.15) is 5.56 Å². The minimum absolute atomic E-state index is 0.998. The number of thiol groups is 1. The zero-order valence-electron chi connectivity index (χ0n) is 5.36. The smallest absolute Gasteiger partial charge is 0.0319 e. The molecule has 0 nitrogen and oxygen atoms in total. The average Bonchev–Trinajstić information content (AvgIpc) is 1.84. The normalized spacial score (nSPS) is 10.0. The first-order chi connectivity index (χ1) is 4.61. The van der Waals surface area contributed by atoms with Gasteiger partial charge >= 0.3 is 0 Å². The molecule has 1 aromatic rings. The van der Waals surface area contributed by atoms with Crippen LogP contribution < -0.4 is 0 Å². The van der Waals surface area contributed by atoms with E-state index in [0.29, 0.717) is 0 Å². The zero-order chi connectivity index (χ0) is 7.72. The van der Waals surface area contributed by atoms with Crippen molar-refractivity contribution >= 4 is 51.1 Å². The van der Waals surface area contributed by atoms with Gasteiger partial charge in [-0.15, -0.1) is 12.6 Å². The molecule has 0 N–H and O–H groups in total. The van der Waals surface area contributed by atoms with Crippen LogP contribution in [0, 0.1) is 10.5 Å². The van der Waals surface area contributed by atoms with Gasteiger partial charge in [-0.2, -0.15) is 0 Å². The molecule has 0 spiro atoms. The van der Waals surface area contributed by atoms with Crippen LogP contribution in [-0.4, -0.2) is 0 Å². The van der Waals surface area contributed by atoms with Gasteiger partial charge in [-0.1, -0.05) is 0 Å². The molecule has 0 unspecified atom stereocenters. The first kappa shape index (κ1) is 8.87. The van der Waals surface area contributed by atoms with Crippen LogP contribution in [0.15, 0.2) is 21.5 Å². The van der Waals surface area contributed by atoms with Gasteiger partial charge in [0, 0.05) is 12.9 Å². The summed E-state index contributed by atoms with van der Waals surface area (Å²) in [6.07, 6.45) is 0. The molecule has 0 amide bonds. The van der Waals surface area contributed by atoms with Gasteiger partial charge in [-0.05, 0) is 63.1 Å². The minimum atomic E-state index is 0.998. The number of halogens is 2. The summed E-state index contributed by atoms with van der Waals surface area (Å²) >= 11 is 9.97. The van der Waals surface area contributed by atoms with Gasteiger partial charge in [0.1, 0.15) is 0 Å². The van der Waals surface area contributed by atoms with Crippen LogP contribution in [0.2, 0.25) is 0 Å². The maximum Gasteiger partial charge on any atom is 0.0319 e. The van der Waals surface area contributed by atoms with E-state index in [1.807, 2.05) is 0 Å². The standard InChI is InChI=1S/C7H6BrIS/c1-4-2-7(10)5(8)3-6(4)9/h2-3,10H,1H3. The van der Waals surface area contributed by atoms with Crippen molar-refractivity contribution in [2.75, 3.05) is 0 Å². The predicted octanol–water partition coefficient (Wildman–Crippen LogP) is 3.65. The second-order valence-electron chi connectivity index (χ2n) is 2.05. The Hall–Kier alpha value is 0.780. The Morgan fingerprint density at radius 1 is 1.50 bits per heavy atom. The average molecular weight is 329 g/mol. The van der Waals surface area contributed by atoms with Crippen LogP contribution in [0.25, 0.3) is 0 Å². The lowest BCUT2D eigenvalue weighted by Gasteiger charge is -2.00. The number of benzene rings is 1. The molecule has 3 heteroatoms. The van der Waals surface area contributed by atoms with Crippen LogP contribution in [0.3, 0.4) is 0 Å². The summed E-state index contributed by atoms with van der Waals surface area (Å²) in [7, 11) is 0. The van der Waals surface area contributed by atoms with Crippen LogP contribution in [0.4, 0.5) is 0 Å². The Kier molecular flexibility index (Phi) is 3.06. The molecule has 54 valence electrons. The third-order valence-corrected chi connectivity index (χ3v) is 3.72. The zero-order valence-corrected chi connectivity index (χ0v) is 10.00. The molecule has 0 aliphatic rings. The van der Waals surface area contributed by atoms with E-state index in [-0.39, 0.29) is 0 Å². The van der Waals surface area contributed by atoms with E-state index in [0.717, 1.165) is 9.37 Å². The van der Waals surface area contributed by atoms with Gasteiger partial charge in [0.2, 0.25) is 0 Å². The molecular weight excluding hydrogens is 323 g/mol. The van der Waals surface area contributed by atoms with Gasteiger partial charge in [0.15, 0.2) is 0 Å². The van der Waals surface area contributed by atoms with Gasteiger partial charge in [-0.3, -0.25) is 0 Å². The third-order valence-electron chi connectivity index (χ3n) is 1.23. The lowest BCUT2D eigenvalue weighted by Crippen LogP contribution is -1.80. The molecule has 10 heavy (non-hydrogen) atoms. The molecule has 0 aliphatic heterocycles. The van der Waals surface area contributed by atoms with Gasteiger partial charge in [-0.25, -0.2) is 0 Å². The summed E-state index contributed by atoms with van der Waals surface area (Å²) in [5.74, 6) is 0. The summed E-state index contributed by atoms with van der Waals surface area (Å²) in [6.45, 7) is 2.08. The first-order valence-electron chi connectivity index (χ1n) is 2.76. The van der Waals surface area contributed by atoms with Crippen molar-refractivity contribution in [3.8, 4) is 0 Å². The van der Waals surface area contributed by atoms with E-state index in [2.05, 4.69) is 70.2 Å². The summed E-state index contributed by atoms with van der Waals surface area (Å²) < 4.78 is 2.33. The molecule has 0 aliphatic carbocycles. The van der Waals surface area contributed by atoms with Crippen molar-refractivity contribution in [1.29, 1.82) is 0 Å². The van der Waals surface area contributed by atoms with E-state index in [4.69, 9.17) is 0 Å². The molecule has 1 aromatic carbocycles. The fourth-order valence-corrected chi connectivity index (χ4v) is 2.14. The molecule has 0 saturated carbocycles. The highest BCUT2D eigenvalue weighted by atomic mass is 127. The summed E-state index contributed by atoms with van der Waals surface area (Å²) in [5.41, 5.74) is 1.27. The molecule has 0 fully saturated rings. The maximum atomic E-state index is 4.26. The van der Waals surface area contributed by atoms with E-state index in [1.54, 1.807) is 0 Å². The number of hydrogen-bond donors (Lipinski definition) is 1. The molecule has 0 heterocycles. The molecule has 0 bridgehead atoms. The highest BCUT2D eigenvalue weighted by molar-refractivity contribution is 14.1. The Morgan fingerprint density at radius 3 is 2.60 bits per heavy atom. The fourth-order valence-electron chi connectivity index (χ4n) is 0.642. The molecular formula is C7H6BrIS.